The Labute approximate surface area is 169 Å². The average molecular weight is 396 g/mol. The summed E-state index contributed by atoms with van der Waals surface area (Å²) in [5, 5.41) is 9.87. The zero-order chi connectivity index (χ0) is 20.5. The Balaban J connectivity index is 1.51. The van der Waals surface area contributed by atoms with E-state index in [-0.39, 0.29) is 5.91 Å². The number of carbonyl (C=O) groups is 1. The molecule has 2 aromatic heterocycles. The number of nitrogens with one attached hydrogen (secondary N) is 2. The van der Waals surface area contributed by atoms with Crippen LogP contribution < -0.4 is 14.8 Å². The highest BCUT2D eigenvalue weighted by Gasteiger charge is 2.10. The van der Waals surface area contributed by atoms with Crippen LogP contribution in [0.1, 0.15) is 21.6 Å². The summed E-state index contributed by atoms with van der Waals surface area (Å²) in [7, 11) is 3.25. The number of benzene rings is 1. The van der Waals surface area contributed by atoms with Gasteiger partial charge >= 0.3 is 0 Å². The third-order valence-corrected chi connectivity index (χ3v) is 4.23. The second-order valence-corrected chi connectivity index (χ2v) is 6.31. The van der Waals surface area contributed by atoms with Crippen LogP contribution in [0.25, 0.3) is 0 Å². The zero-order valence-corrected chi connectivity index (χ0v) is 16.5. The van der Waals surface area contributed by atoms with Crippen molar-refractivity contribution in [1.29, 1.82) is 0 Å². The number of pyridine rings is 1. The van der Waals surface area contributed by atoms with Crippen molar-refractivity contribution in [3.8, 4) is 11.6 Å². The second kappa shape index (κ2) is 10.2. The third kappa shape index (κ3) is 6.05. The lowest BCUT2D eigenvalue weighted by Gasteiger charge is -2.05. The highest BCUT2D eigenvalue weighted by Crippen LogP contribution is 2.16. The number of carbonyl (C=O) groups excluding carboxylic acids is 1. The van der Waals surface area contributed by atoms with Crippen LogP contribution in [0.2, 0.25) is 0 Å². The fraction of sp³-hybridized carbons (Fsp3) is 0.286. The van der Waals surface area contributed by atoms with E-state index in [1.807, 2.05) is 24.3 Å². The number of aromatic amines is 1. The summed E-state index contributed by atoms with van der Waals surface area (Å²) in [5.74, 6) is 1.46. The molecule has 0 radical (unpaired) electrons. The Hall–Kier alpha value is -3.39. The van der Waals surface area contributed by atoms with Gasteiger partial charge < -0.3 is 19.5 Å². The highest BCUT2D eigenvalue weighted by molar-refractivity contribution is 6.03. The number of aromatic nitrogens is 3. The molecule has 0 aliphatic heterocycles. The molecule has 0 aliphatic rings. The second-order valence-electron chi connectivity index (χ2n) is 6.31. The van der Waals surface area contributed by atoms with Gasteiger partial charge in [-0.3, -0.25) is 9.89 Å². The lowest BCUT2D eigenvalue weighted by molar-refractivity contribution is 0.102. The maximum Gasteiger partial charge on any atom is 0.258 e. The number of methoxy groups -OCH3 is 2. The Morgan fingerprint density at radius 1 is 1.10 bits per heavy atom. The van der Waals surface area contributed by atoms with Gasteiger partial charge in [0.2, 0.25) is 5.88 Å². The molecule has 0 spiro atoms. The molecule has 3 rings (SSSR count). The fourth-order valence-corrected chi connectivity index (χ4v) is 2.68. The Bertz CT molecular complexity index is 924. The van der Waals surface area contributed by atoms with Crippen molar-refractivity contribution in [1.82, 2.24) is 15.2 Å². The number of rotatable bonds is 10. The summed E-state index contributed by atoms with van der Waals surface area (Å²) in [4.78, 5) is 16.5. The molecule has 29 heavy (non-hydrogen) atoms. The number of aryl methyl sites for hydroxylation is 2. The summed E-state index contributed by atoms with van der Waals surface area (Å²) in [5.41, 5.74) is 2.52. The molecule has 8 heteroatoms. The van der Waals surface area contributed by atoms with Gasteiger partial charge in [-0.2, -0.15) is 5.10 Å². The van der Waals surface area contributed by atoms with E-state index in [1.54, 1.807) is 26.4 Å². The maximum atomic E-state index is 12.4. The van der Waals surface area contributed by atoms with E-state index in [0.29, 0.717) is 30.5 Å². The molecule has 3 aromatic rings. The van der Waals surface area contributed by atoms with Crippen LogP contribution in [0.4, 0.5) is 5.82 Å². The van der Waals surface area contributed by atoms with Gasteiger partial charge in [-0.15, -0.1) is 0 Å². The lowest BCUT2D eigenvalue weighted by atomic mass is 10.1. The number of amides is 1. The molecule has 152 valence electrons. The summed E-state index contributed by atoms with van der Waals surface area (Å²) in [6, 6.07) is 13.1. The number of anilines is 1. The van der Waals surface area contributed by atoms with Crippen LogP contribution >= 0.6 is 0 Å². The first-order chi connectivity index (χ1) is 14.2. The monoisotopic (exact) mass is 396 g/mol. The third-order valence-electron chi connectivity index (χ3n) is 4.23. The summed E-state index contributed by atoms with van der Waals surface area (Å²) in [6.07, 6.45) is 3.07. The summed E-state index contributed by atoms with van der Waals surface area (Å²) < 4.78 is 15.5. The minimum Gasteiger partial charge on any atom is -0.497 e. The molecular weight excluding hydrogens is 372 g/mol. The van der Waals surface area contributed by atoms with Gasteiger partial charge in [0.15, 0.2) is 5.82 Å². The van der Waals surface area contributed by atoms with Crippen molar-refractivity contribution < 1.29 is 19.0 Å². The molecule has 0 fully saturated rings. The summed E-state index contributed by atoms with van der Waals surface area (Å²) >= 11 is 0. The number of ether oxygens (including phenoxy) is 3. The average Bonchev–Trinajstić information content (AvgIpc) is 3.20. The van der Waals surface area contributed by atoms with Gasteiger partial charge in [-0.1, -0.05) is 12.1 Å². The van der Waals surface area contributed by atoms with Crippen LogP contribution in [0.15, 0.2) is 48.7 Å². The zero-order valence-electron chi connectivity index (χ0n) is 16.5. The van der Waals surface area contributed by atoms with E-state index in [4.69, 9.17) is 14.2 Å². The van der Waals surface area contributed by atoms with Gasteiger partial charge in [-0.05, 0) is 36.6 Å². The lowest BCUT2D eigenvalue weighted by Crippen LogP contribution is -2.13. The molecule has 1 aromatic carbocycles. The molecule has 1 amide bonds. The van der Waals surface area contributed by atoms with Crippen molar-refractivity contribution >= 4 is 11.7 Å². The van der Waals surface area contributed by atoms with Crippen molar-refractivity contribution in [2.24, 2.45) is 0 Å². The number of H-pyrrole nitrogens is 1. The van der Waals surface area contributed by atoms with Gasteiger partial charge in [-0.25, -0.2) is 4.98 Å². The van der Waals surface area contributed by atoms with Crippen molar-refractivity contribution in [3.05, 3.63) is 65.5 Å². The van der Waals surface area contributed by atoms with E-state index >= 15 is 0 Å². The highest BCUT2D eigenvalue weighted by atomic mass is 16.5. The van der Waals surface area contributed by atoms with Crippen LogP contribution in [0.3, 0.4) is 0 Å². The van der Waals surface area contributed by atoms with Crippen molar-refractivity contribution in [2.75, 3.05) is 32.8 Å². The molecule has 0 saturated carbocycles. The maximum absolute atomic E-state index is 12.4. The first-order valence-electron chi connectivity index (χ1n) is 9.24. The first-order valence-corrected chi connectivity index (χ1v) is 9.24. The van der Waals surface area contributed by atoms with Crippen molar-refractivity contribution in [2.45, 2.75) is 12.8 Å². The van der Waals surface area contributed by atoms with E-state index in [2.05, 4.69) is 26.6 Å². The topological polar surface area (TPSA) is 98.4 Å². The first kappa shape index (κ1) is 20.3. The molecule has 0 atom stereocenters. The molecule has 0 unspecified atom stereocenters. The Morgan fingerprint density at radius 3 is 2.76 bits per heavy atom. The van der Waals surface area contributed by atoms with Gasteiger partial charge in [0.05, 0.1) is 19.3 Å². The largest absolute Gasteiger partial charge is 0.497 e. The van der Waals surface area contributed by atoms with E-state index < -0.39 is 0 Å². The smallest absolute Gasteiger partial charge is 0.258 e. The molecular formula is C21H24N4O4. The van der Waals surface area contributed by atoms with Crippen molar-refractivity contribution in [3.63, 3.8) is 0 Å². The predicted molar refractivity (Wildman–Crippen MR) is 109 cm³/mol. The van der Waals surface area contributed by atoms with Crippen LogP contribution in [0, 0.1) is 0 Å². The van der Waals surface area contributed by atoms with Crippen LogP contribution in [-0.2, 0) is 17.6 Å². The molecule has 0 aliphatic carbocycles. The predicted octanol–water partition coefficient (Wildman–Crippen LogP) is 2.88. The Morgan fingerprint density at radius 2 is 2.00 bits per heavy atom. The van der Waals surface area contributed by atoms with Crippen LogP contribution in [0.5, 0.6) is 11.6 Å². The normalized spacial score (nSPS) is 10.6. The quantitative estimate of drug-likeness (QED) is 0.512. The number of hydrogen-bond acceptors (Lipinski definition) is 6. The van der Waals surface area contributed by atoms with Gasteiger partial charge in [0, 0.05) is 31.1 Å². The van der Waals surface area contributed by atoms with E-state index in [9.17, 15) is 4.79 Å². The molecule has 0 bridgehead atoms. The van der Waals surface area contributed by atoms with E-state index in [0.717, 1.165) is 24.3 Å². The number of hydrogen-bond donors (Lipinski definition) is 2. The van der Waals surface area contributed by atoms with Gasteiger partial charge in [0.1, 0.15) is 12.4 Å². The standard InChI is InChI=1S/C21H24N4O4/c1-27-10-11-29-20-9-7-16(14-22-20)21(26)23-19-13-17(24-25-19)8-6-15-4-3-5-18(12-15)28-2/h3-5,7,9,12-14H,6,8,10-11H2,1-2H3,(H2,23,24,25,26). The van der Waals surface area contributed by atoms with E-state index in [1.165, 1.54) is 11.8 Å². The minimum atomic E-state index is -0.285. The molecule has 2 N–H and O–H groups in total. The molecule has 2 heterocycles. The fourth-order valence-electron chi connectivity index (χ4n) is 2.68. The SMILES string of the molecule is COCCOc1ccc(C(=O)Nc2cc(CCc3cccc(OC)c3)[nH]n2)cn1. The Kier molecular flexibility index (Phi) is 7.18. The minimum absolute atomic E-state index is 0.285. The molecule has 0 saturated heterocycles. The van der Waals surface area contributed by atoms with Gasteiger partial charge in [0.25, 0.3) is 5.91 Å². The van der Waals surface area contributed by atoms with Crippen LogP contribution in [-0.4, -0.2) is 48.5 Å². The molecule has 8 nitrogen and oxygen atoms in total. The number of nitrogens with zero attached hydrogens (tertiary/aromatic N) is 2. The summed E-state index contributed by atoms with van der Waals surface area (Å²) in [6.45, 7) is 0.879.